The van der Waals surface area contributed by atoms with Crippen LogP contribution in [0.1, 0.15) is 55.0 Å². The largest absolute Gasteiger partial charge is 0.399 e. The van der Waals surface area contributed by atoms with E-state index in [-0.39, 0.29) is 0 Å². The van der Waals surface area contributed by atoms with Gasteiger partial charge in [0.1, 0.15) is 0 Å². The molecule has 0 saturated carbocycles. The molecule has 0 heterocycles. The second-order valence-corrected chi connectivity index (χ2v) is 5.81. The number of anilines is 2. The van der Waals surface area contributed by atoms with Crippen LogP contribution in [0.25, 0.3) is 0 Å². The summed E-state index contributed by atoms with van der Waals surface area (Å²) in [5.41, 5.74) is 18.4. The average Bonchev–Trinajstić information content (AvgIpc) is 3.09. The van der Waals surface area contributed by atoms with Crippen LogP contribution in [0.3, 0.4) is 0 Å². The van der Waals surface area contributed by atoms with E-state index in [0.29, 0.717) is 22.6 Å². The first-order valence-electron chi connectivity index (χ1n) is 8.66. The summed E-state index contributed by atoms with van der Waals surface area (Å²) in [6.45, 7) is 7.74. The van der Waals surface area contributed by atoms with Crippen LogP contribution in [-0.4, -0.2) is 5.71 Å². The molecule has 0 aromatic heterocycles. The molecule has 1 aliphatic rings. The highest BCUT2D eigenvalue weighted by Gasteiger charge is 2.14. The van der Waals surface area contributed by atoms with Crippen LogP contribution in [0.5, 0.6) is 0 Å². The summed E-state index contributed by atoms with van der Waals surface area (Å²) in [6, 6.07) is 11.4. The van der Waals surface area contributed by atoms with Crippen molar-refractivity contribution in [2.75, 3.05) is 11.5 Å². The van der Waals surface area contributed by atoms with Crippen molar-refractivity contribution in [1.29, 1.82) is 10.7 Å². The molecule has 3 rings (SSSR count). The first-order valence-corrected chi connectivity index (χ1v) is 8.66. The average molecular weight is 336 g/mol. The van der Waals surface area contributed by atoms with Gasteiger partial charge in [-0.3, -0.25) is 0 Å². The number of nitrogens with one attached hydrogen (secondary N) is 1. The van der Waals surface area contributed by atoms with Crippen LogP contribution in [-0.2, 0) is 12.8 Å². The Morgan fingerprint density at radius 3 is 2.36 bits per heavy atom. The normalized spacial score (nSPS) is 11.2. The third-order valence-electron chi connectivity index (χ3n) is 4.17. The highest BCUT2D eigenvalue weighted by molar-refractivity contribution is 6.01. The third kappa shape index (κ3) is 5.09. The van der Waals surface area contributed by atoms with Crippen LogP contribution in [0.2, 0.25) is 0 Å². The minimum absolute atomic E-state index is 0.440. The lowest BCUT2D eigenvalue weighted by Crippen LogP contribution is -2.00. The van der Waals surface area contributed by atoms with Gasteiger partial charge in [-0.1, -0.05) is 19.9 Å². The Bertz CT molecular complexity index is 785. The van der Waals surface area contributed by atoms with Gasteiger partial charge in [0, 0.05) is 22.6 Å². The van der Waals surface area contributed by atoms with Crippen LogP contribution in [0.15, 0.2) is 30.3 Å². The zero-order valence-corrected chi connectivity index (χ0v) is 15.6. The molecule has 0 unspecified atom stereocenters. The Balaban J connectivity index is 0.000000229. The SMILES string of the molecule is CC.CC(=N)c1cc(N)ccc1N.Cc1c(C#N)ccc2c1CCC2. The standard InChI is InChI=1S/C11H11N.C8H11N3.C2H6/c1-8-10(7-12)6-5-9-3-2-4-11(8)9;1-5(9)7-4-6(10)2-3-8(7)11;1-2/h5-6H,2-4H2,1H3;2-4,9H,10-11H2,1H3;1-2H3. The number of nitriles is 1. The topological polar surface area (TPSA) is 99.7 Å². The highest BCUT2D eigenvalue weighted by Crippen LogP contribution is 2.26. The predicted molar refractivity (Wildman–Crippen MR) is 107 cm³/mol. The molecule has 0 amide bonds. The summed E-state index contributed by atoms with van der Waals surface area (Å²) < 4.78 is 0. The minimum atomic E-state index is 0.440. The molecular formula is C21H28N4. The molecule has 0 bridgehead atoms. The van der Waals surface area contributed by atoms with Crippen LogP contribution >= 0.6 is 0 Å². The van der Waals surface area contributed by atoms with Gasteiger partial charge < -0.3 is 16.9 Å². The van der Waals surface area contributed by atoms with Gasteiger partial charge in [-0.25, -0.2) is 0 Å². The summed E-state index contributed by atoms with van der Waals surface area (Å²) in [4.78, 5) is 0. The lowest BCUT2D eigenvalue weighted by molar-refractivity contribution is 0.909. The first-order chi connectivity index (χ1) is 11.9. The maximum atomic E-state index is 8.80. The van der Waals surface area contributed by atoms with E-state index in [1.165, 1.54) is 29.5 Å². The van der Waals surface area contributed by atoms with Crippen molar-refractivity contribution in [1.82, 2.24) is 0 Å². The van der Waals surface area contributed by atoms with Crippen molar-refractivity contribution in [3.05, 3.63) is 58.1 Å². The number of nitrogens with two attached hydrogens (primary N) is 2. The van der Waals surface area contributed by atoms with Gasteiger partial charge in [0.2, 0.25) is 0 Å². The van der Waals surface area contributed by atoms with Crippen molar-refractivity contribution < 1.29 is 0 Å². The number of benzene rings is 2. The molecule has 25 heavy (non-hydrogen) atoms. The van der Waals surface area contributed by atoms with E-state index >= 15 is 0 Å². The Labute approximate surface area is 151 Å². The van der Waals surface area contributed by atoms with E-state index < -0.39 is 0 Å². The number of hydrogen-bond acceptors (Lipinski definition) is 4. The molecule has 0 aliphatic heterocycles. The van der Waals surface area contributed by atoms with Crippen LogP contribution in [0, 0.1) is 23.7 Å². The number of nitrogens with zero attached hydrogens (tertiary/aromatic N) is 1. The van der Waals surface area contributed by atoms with Gasteiger partial charge in [0.05, 0.1) is 11.6 Å². The van der Waals surface area contributed by atoms with E-state index in [4.69, 9.17) is 22.1 Å². The molecule has 0 fully saturated rings. The maximum Gasteiger partial charge on any atom is 0.0994 e. The highest BCUT2D eigenvalue weighted by atomic mass is 14.6. The molecule has 4 heteroatoms. The summed E-state index contributed by atoms with van der Waals surface area (Å²) in [7, 11) is 0. The molecule has 0 spiro atoms. The lowest BCUT2D eigenvalue weighted by Gasteiger charge is -2.04. The summed E-state index contributed by atoms with van der Waals surface area (Å²) in [6.07, 6.45) is 3.61. The number of rotatable bonds is 1. The molecule has 132 valence electrons. The smallest absolute Gasteiger partial charge is 0.0994 e. The molecule has 5 N–H and O–H groups in total. The van der Waals surface area contributed by atoms with E-state index in [1.807, 2.05) is 19.9 Å². The number of aryl methyl sites for hydroxylation is 1. The summed E-state index contributed by atoms with van der Waals surface area (Å²) in [5, 5.41) is 16.1. The van der Waals surface area contributed by atoms with Crippen LogP contribution in [0.4, 0.5) is 11.4 Å². The maximum absolute atomic E-state index is 8.80. The number of fused-ring (bicyclic) bond motifs is 1. The van der Waals surface area contributed by atoms with Crippen molar-refractivity contribution in [3.63, 3.8) is 0 Å². The Morgan fingerprint density at radius 1 is 1.12 bits per heavy atom. The van der Waals surface area contributed by atoms with Gasteiger partial charge in [0.15, 0.2) is 0 Å². The zero-order valence-electron chi connectivity index (χ0n) is 15.6. The molecule has 0 radical (unpaired) electrons. The fourth-order valence-electron chi connectivity index (χ4n) is 2.87. The van der Waals surface area contributed by atoms with E-state index in [2.05, 4.69) is 19.1 Å². The Morgan fingerprint density at radius 2 is 1.80 bits per heavy atom. The second kappa shape index (κ2) is 9.48. The summed E-state index contributed by atoms with van der Waals surface area (Å²) >= 11 is 0. The number of nitrogen functional groups attached to an aromatic ring is 2. The molecule has 0 atom stereocenters. The van der Waals surface area contributed by atoms with Gasteiger partial charge >= 0.3 is 0 Å². The zero-order chi connectivity index (χ0) is 19.0. The van der Waals surface area contributed by atoms with Crippen molar-refractivity contribution in [3.8, 4) is 6.07 Å². The lowest BCUT2D eigenvalue weighted by atomic mass is 10.00. The molecule has 2 aromatic carbocycles. The monoisotopic (exact) mass is 336 g/mol. The molecule has 4 nitrogen and oxygen atoms in total. The Kier molecular flexibility index (Phi) is 7.68. The van der Waals surface area contributed by atoms with Crippen LogP contribution < -0.4 is 11.5 Å². The van der Waals surface area contributed by atoms with E-state index in [1.54, 1.807) is 25.1 Å². The van der Waals surface area contributed by atoms with Gasteiger partial charge in [-0.15, -0.1) is 0 Å². The fraction of sp³-hybridized carbons (Fsp3) is 0.333. The van der Waals surface area contributed by atoms with Crippen molar-refractivity contribution in [2.24, 2.45) is 0 Å². The van der Waals surface area contributed by atoms with Gasteiger partial charge in [-0.2, -0.15) is 5.26 Å². The summed E-state index contributed by atoms with van der Waals surface area (Å²) in [5.74, 6) is 0. The molecule has 2 aromatic rings. The van der Waals surface area contributed by atoms with Gasteiger partial charge in [-0.05, 0) is 74.1 Å². The molecule has 0 saturated heterocycles. The van der Waals surface area contributed by atoms with E-state index in [0.717, 1.165) is 12.0 Å². The Hall–Kier alpha value is -2.80. The predicted octanol–water partition coefficient (Wildman–Crippen LogP) is 4.62. The molecule has 1 aliphatic carbocycles. The van der Waals surface area contributed by atoms with E-state index in [9.17, 15) is 0 Å². The van der Waals surface area contributed by atoms with Crippen molar-refractivity contribution >= 4 is 17.1 Å². The fourth-order valence-corrected chi connectivity index (χ4v) is 2.87. The third-order valence-corrected chi connectivity index (χ3v) is 4.17. The molecular weight excluding hydrogens is 308 g/mol. The number of hydrogen-bond donors (Lipinski definition) is 3. The quantitative estimate of drug-likeness (QED) is 0.523. The second-order valence-electron chi connectivity index (χ2n) is 5.81. The minimum Gasteiger partial charge on any atom is -0.399 e. The van der Waals surface area contributed by atoms with Gasteiger partial charge in [0.25, 0.3) is 0 Å². The first kappa shape index (κ1) is 20.2. The van der Waals surface area contributed by atoms with Crippen molar-refractivity contribution in [2.45, 2.75) is 47.0 Å².